The predicted molar refractivity (Wildman–Crippen MR) is 109 cm³/mol. The van der Waals surface area contributed by atoms with Crippen molar-refractivity contribution in [2.75, 3.05) is 13.2 Å². The van der Waals surface area contributed by atoms with Crippen molar-refractivity contribution in [3.05, 3.63) is 71.8 Å². The van der Waals surface area contributed by atoms with Crippen molar-refractivity contribution in [2.24, 2.45) is 5.92 Å². The van der Waals surface area contributed by atoms with Crippen molar-refractivity contribution in [2.45, 2.75) is 51.8 Å². The van der Waals surface area contributed by atoms with E-state index in [2.05, 4.69) is 65.6 Å². The lowest BCUT2D eigenvalue weighted by molar-refractivity contribution is -0.131. The van der Waals surface area contributed by atoms with E-state index < -0.39 is 0 Å². The Hall–Kier alpha value is -1.97. The molecule has 1 saturated carbocycles. The van der Waals surface area contributed by atoms with Crippen molar-refractivity contribution in [1.29, 1.82) is 0 Å². The molecule has 1 aliphatic rings. The van der Waals surface area contributed by atoms with Crippen molar-refractivity contribution in [1.82, 2.24) is 4.90 Å². The molecule has 2 unspecified atom stereocenters. The molecule has 0 N–H and O–H groups in total. The molecule has 0 radical (unpaired) electrons. The van der Waals surface area contributed by atoms with E-state index in [0.717, 1.165) is 38.9 Å². The Bertz CT molecular complexity index is 645. The fourth-order valence-electron chi connectivity index (χ4n) is 4.04. The Balaban J connectivity index is 1.75. The molecule has 2 aromatic rings. The van der Waals surface area contributed by atoms with Gasteiger partial charge in [0.15, 0.2) is 0 Å². The Morgan fingerprint density at radius 1 is 0.963 bits per heavy atom. The topological polar surface area (TPSA) is 29.5 Å². The number of nitrogens with zero attached hydrogens (tertiary/aromatic N) is 1. The minimum absolute atomic E-state index is 0.0183. The highest BCUT2D eigenvalue weighted by molar-refractivity contribution is 5.82. The average Bonchev–Trinajstić information content (AvgIpc) is 2.70. The van der Waals surface area contributed by atoms with Crippen molar-refractivity contribution >= 4 is 5.78 Å². The van der Waals surface area contributed by atoms with Gasteiger partial charge < -0.3 is 4.74 Å². The van der Waals surface area contributed by atoms with Crippen molar-refractivity contribution in [3.63, 3.8) is 0 Å². The van der Waals surface area contributed by atoms with E-state index in [0.29, 0.717) is 18.8 Å². The summed E-state index contributed by atoms with van der Waals surface area (Å²) in [6.07, 6.45) is 3.83. The largest absolute Gasteiger partial charge is 0.376 e. The lowest BCUT2D eigenvalue weighted by atomic mass is 9.83. The third kappa shape index (κ3) is 6.02. The third-order valence-corrected chi connectivity index (χ3v) is 5.37. The summed E-state index contributed by atoms with van der Waals surface area (Å²) in [5.74, 6) is 0.437. The molecule has 0 aliphatic heterocycles. The fraction of sp³-hybridized carbons (Fsp3) is 0.458. The van der Waals surface area contributed by atoms with Crippen LogP contribution in [0.15, 0.2) is 60.7 Å². The normalized spacial score (nSPS) is 18.6. The van der Waals surface area contributed by atoms with Gasteiger partial charge in [-0.15, -0.1) is 0 Å². The Labute approximate surface area is 163 Å². The molecule has 2 atom stereocenters. The highest BCUT2D eigenvalue weighted by Gasteiger charge is 2.32. The first-order valence-corrected chi connectivity index (χ1v) is 10.2. The maximum atomic E-state index is 12.5. The van der Waals surface area contributed by atoms with Crippen molar-refractivity contribution in [3.8, 4) is 0 Å². The maximum absolute atomic E-state index is 12.5. The van der Waals surface area contributed by atoms with Crippen LogP contribution in [0.2, 0.25) is 0 Å². The summed E-state index contributed by atoms with van der Waals surface area (Å²) < 4.78 is 6.10. The highest BCUT2D eigenvalue weighted by Crippen LogP contribution is 2.26. The van der Waals surface area contributed by atoms with E-state index in [1.807, 2.05) is 6.92 Å². The number of rotatable bonds is 9. The molecule has 0 heterocycles. The van der Waals surface area contributed by atoms with Gasteiger partial charge in [0.25, 0.3) is 0 Å². The zero-order chi connectivity index (χ0) is 18.9. The molecular weight excluding hydrogens is 334 g/mol. The molecule has 3 heteroatoms. The summed E-state index contributed by atoms with van der Waals surface area (Å²) >= 11 is 0. The molecule has 0 amide bonds. The first-order valence-electron chi connectivity index (χ1n) is 10.2. The zero-order valence-electron chi connectivity index (χ0n) is 16.3. The second-order valence-electron chi connectivity index (χ2n) is 7.45. The fourth-order valence-corrected chi connectivity index (χ4v) is 4.04. The van der Waals surface area contributed by atoms with Gasteiger partial charge in [-0.1, -0.05) is 67.1 Å². The van der Waals surface area contributed by atoms with E-state index in [4.69, 9.17) is 4.74 Å². The molecule has 0 spiro atoms. The molecule has 0 bridgehead atoms. The smallest absolute Gasteiger partial charge is 0.138 e. The van der Waals surface area contributed by atoms with Crippen LogP contribution in [0, 0.1) is 5.92 Å². The molecule has 27 heavy (non-hydrogen) atoms. The van der Waals surface area contributed by atoms with Crippen LogP contribution in [0.1, 0.15) is 43.7 Å². The highest BCUT2D eigenvalue weighted by atomic mass is 16.5. The van der Waals surface area contributed by atoms with E-state index in [9.17, 15) is 4.79 Å². The SMILES string of the molecule is CCOC(CN(Cc1ccccc1)Cc1ccccc1)C1CCCCC1=O. The van der Waals surface area contributed by atoms with Gasteiger partial charge in [-0.05, 0) is 30.9 Å². The number of ether oxygens (including phenoxy) is 1. The molecule has 2 aromatic carbocycles. The summed E-state index contributed by atoms with van der Waals surface area (Å²) in [7, 11) is 0. The third-order valence-electron chi connectivity index (χ3n) is 5.37. The number of Topliss-reactive ketones (excluding diaryl/α,β-unsaturated/α-hetero) is 1. The number of hydrogen-bond acceptors (Lipinski definition) is 3. The maximum Gasteiger partial charge on any atom is 0.138 e. The monoisotopic (exact) mass is 365 g/mol. The van der Waals surface area contributed by atoms with Gasteiger partial charge in [-0.25, -0.2) is 0 Å². The molecule has 0 saturated heterocycles. The molecule has 0 aromatic heterocycles. The number of hydrogen-bond donors (Lipinski definition) is 0. The van der Waals surface area contributed by atoms with Gasteiger partial charge in [0.05, 0.1) is 6.10 Å². The minimum Gasteiger partial charge on any atom is -0.376 e. The summed E-state index contributed by atoms with van der Waals surface area (Å²) in [4.78, 5) is 14.9. The number of carbonyl (C=O) groups is 1. The first-order chi connectivity index (χ1) is 13.3. The molecule has 1 fully saturated rings. The van der Waals surface area contributed by atoms with Gasteiger partial charge in [0, 0.05) is 38.6 Å². The lowest BCUT2D eigenvalue weighted by Crippen LogP contribution is -2.42. The first kappa shape index (κ1) is 19.8. The van der Waals surface area contributed by atoms with Crippen LogP contribution >= 0.6 is 0 Å². The Morgan fingerprint density at radius 3 is 2.07 bits per heavy atom. The van der Waals surface area contributed by atoms with Gasteiger partial charge in [0.2, 0.25) is 0 Å². The van der Waals surface area contributed by atoms with Gasteiger partial charge in [0.1, 0.15) is 5.78 Å². The molecule has 3 rings (SSSR count). The molecular formula is C24H31NO2. The van der Waals surface area contributed by atoms with Crippen LogP contribution in [0.4, 0.5) is 0 Å². The van der Waals surface area contributed by atoms with Crippen LogP contribution in [0.5, 0.6) is 0 Å². The summed E-state index contributed by atoms with van der Waals surface area (Å²) in [6.45, 7) is 5.19. The summed E-state index contributed by atoms with van der Waals surface area (Å²) in [5, 5.41) is 0. The van der Waals surface area contributed by atoms with Gasteiger partial charge in [-0.3, -0.25) is 9.69 Å². The number of benzene rings is 2. The molecule has 3 nitrogen and oxygen atoms in total. The number of carbonyl (C=O) groups excluding carboxylic acids is 1. The van der Waals surface area contributed by atoms with Gasteiger partial charge in [-0.2, -0.15) is 0 Å². The standard InChI is InChI=1S/C24H31NO2/c1-2-27-24(22-15-9-10-16-23(22)26)19-25(17-20-11-5-3-6-12-20)18-21-13-7-4-8-14-21/h3-8,11-14,22,24H,2,9-10,15-19H2,1H3. The minimum atomic E-state index is -0.0183. The van der Waals surface area contributed by atoms with Crippen LogP contribution in [0.3, 0.4) is 0 Å². The van der Waals surface area contributed by atoms with Crippen LogP contribution in [-0.4, -0.2) is 29.9 Å². The van der Waals surface area contributed by atoms with Crippen LogP contribution in [0.25, 0.3) is 0 Å². The van der Waals surface area contributed by atoms with E-state index in [1.54, 1.807) is 0 Å². The van der Waals surface area contributed by atoms with Crippen LogP contribution < -0.4 is 0 Å². The Morgan fingerprint density at radius 2 is 1.56 bits per heavy atom. The van der Waals surface area contributed by atoms with Gasteiger partial charge >= 0.3 is 0 Å². The summed E-state index contributed by atoms with van der Waals surface area (Å²) in [6, 6.07) is 21.1. The van der Waals surface area contributed by atoms with E-state index in [1.165, 1.54) is 11.1 Å². The van der Waals surface area contributed by atoms with E-state index in [-0.39, 0.29) is 12.0 Å². The average molecular weight is 366 g/mol. The Kier molecular flexibility index (Phi) is 7.61. The second kappa shape index (κ2) is 10.4. The predicted octanol–water partition coefficient (Wildman–Crippen LogP) is 4.85. The second-order valence-corrected chi connectivity index (χ2v) is 7.45. The number of ketones is 1. The zero-order valence-corrected chi connectivity index (χ0v) is 16.3. The quantitative estimate of drug-likeness (QED) is 0.636. The molecule has 144 valence electrons. The van der Waals surface area contributed by atoms with E-state index >= 15 is 0 Å². The van der Waals surface area contributed by atoms with Crippen LogP contribution in [-0.2, 0) is 22.6 Å². The summed E-state index contributed by atoms with van der Waals surface area (Å²) in [5.41, 5.74) is 2.58. The van der Waals surface area contributed by atoms with Crippen molar-refractivity contribution < 1.29 is 9.53 Å². The molecule has 1 aliphatic carbocycles. The lowest BCUT2D eigenvalue weighted by Gasteiger charge is -2.33.